The van der Waals surface area contributed by atoms with E-state index in [0.717, 1.165) is 25.8 Å². The third-order valence-corrected chi connectivity index (χ3v) is 4.91. The SMILES string of the molecule is Cc1ccc(C(=O)N2CCN(C(=O)C3CCCCN3)CC2)cc1F. The molecule has 2 amide bonds. The number of carbonyl (C=O) groups excluding carboxylic acids is 2. The van der Waals surface area contributed by atoms with E-state index >= 15 is 0 Å². The van der Waals surface area contributed by atoms with Crippen LogP contribution in [0.5, 0.6) is 0 Å². The quantitative estimate of drug-likeness (QED) is 0.894. The van der Waals surface area contributed by atoms with Crippen LogP contribution in [0.15, 0.2) is 18.2 Å². The van der Waals surface area contributed by atoms with Gasteiger partial charge < -0.3 is 15.1 Å². The molecule has 1 unspecified atom stereocenters. The fourth-order valence-corrected chi connectivity index (χ4v) is 3.32. The Morgan fingerprint density at radius 3 is 2.46 bits per heavy atom. The van der Waals surface area contributed by atoms with E-state index in [1.165, 1.54) is 6.07 Å². The number of nitrogens with one attached hydrogen (secondary N) is 1. The average Bonchev–Trinajstić information content (AvgIpc) is 2.63. The van der Waals surface area contributed by atoms with Crippen LogP contribution in [-0.4, -0.2) is 60.4 Å². The van der Waals surface area contributed by atoms with Crippen LogP contribution in [0, 0.1) is 12.7 Å². The van der Waals surface area contributed by atoms with Crippen molar-refractivity contribution in [2.24, 2.45) is 0 Å². The Balaban J connectivity index is 1.57. The number of rotatable bonds is 2. The normalized spacial score (nSPS) is 21.7. The lowest BCUT2D eigenvalue weighted by atomic mass is 10.0. The molecule has 2 heterocycles. The molecule has 0 spiro atoms. The van der Waals surface area contributed by atoms with E-state index in [9.17, 15) is 14.0 Å². The monoisotopic (exact) mass is 333 g/mol. The van der Waals surface area contributed by atoms with E-state index in [1.807, 2.05) is 4.90 Å². The maximum absolute atomic E-state index is 13.6. The van der Waals surface area contributed by atoms with Gasteiger partial charge in [0.05, 0.1) is 6.04 Å². The Labute approximate surface area is 141 Å². The molecule has 130 valence electrons. The molecule has 24 heavy (non-hydrogen) atoms. The molecule has 1 aromatic carbocycles. The van der Waals surface area contributed by atoms with Gasteiger partial charge in [0.15, 0.2) is 0 Å². The third-order valence-electron chi connectivity index (χ3n) is 4.91. The molecule has 0 radical (unpaired) electrons. The molecule has 0 saturated carbocycles. The van der Waals surface area contributed by atoms with Crippen molar-refractivity contribution in [3.8, 4) is 0 Å². The van der Waals surface area contributed by atoms with E-state index in [0.29, 0.717) is 37.3 Å². The number of hydrogen-bond donors (Lipinski definition) is 1. The van der Waals surface area contributed by atoms with Gasteiger partial charge >= 0.3 is 0 Å². The predicted octanol–water partition coefficient (Wildman–Crippen LogP) is 1.56. The average molecular weight is 333 g/mol. The molecule has 1 atom stereocenters. The van der Waals surface area contributed by atoms with Gasteiger partial charge in [0.1, 0.15) is 5.82 Å². The van der Waals surface area contributed by atoms with Gasteiger partial charge in [-0.15, -0.1) is 0 Å². The number of halogens is 1. The van der Waals surface area contributed by atoms with Crippen molar-refractivity contribution in [2.75, 3.05) is 32.7 Å². The van der Waals surface area contributed by atoms with Crippen molar-refractivity contribution < 1.29 is 14.0 Å². The number of aryl methyl sites for hydroxylation is 1. The fourth-order valence-electron chi connectivity index (χ4n) is 3.32. The van der Waals surface area contributed by atoms with Gasteiger partial charge in [0.25, 0.3) is 5.91 Å². The zero-order chi connectivity index (χ0) is 17.1. The number of piperidine rings is 1. The van der Waals surface area contributed by atoms with Crippen LogP contribution < -0.4 is 5.32 Å². The molecule has 2 aliphatic rings. The summed E-state index contributed by atoms with van der Waals surface area (Å²) < 4.78 is 13.6. The topological polar surface area (TPSA) is 52.7 Å². The first-order chi connectivity index (χ1) is 11.6. The standard InChI is InChI=1S/C18H24FN3O2/c1-13-5-6-14(12-15(13)19)17(23)21-8-10-22(11-9-21)18(24)16-4-2-3-7-20-16/h5-6,12,16,20H,2-4,7-11H2,1H3. The predicted molar refractivity (Wildman–Crippen MR) is 89.3 cm³/mol. The highest BCUT2D eigenvalue weighted by Crippen LogP contribution is 2.15. The lowest BCUT2D eigenvalue weighted by Gasteiger charge is -2.37. The smallest absolute Gasteiger partial charge is 0.254 e. The molecule has 0 aromatic heterocycles. The van der Waals surface area contributed by atoms with Gasteiger partial charge in [0, 0.05) is 31.7 Å². The van der Waals surface area contributed by atoms with E-state index < -0.39 is 0 Å². The summed E-state index contributed by atoms with van der Waals surface area (Å²) in [5.41, 5.74) is 0.897. The molecule has 0 bridgehead atoms. The summed E-state index contributed by atoms with van der Waals surface area (Å²) in [6, 6.07) is 4.50. The van der Waals surface area contributed by atoms with Crippen molar-refractivity contribution >= 4 is 11.8 Å². The van der Waals surface area contributed by atoms with Crippen LogP contribution in [0.4, 0.5) is 4.39 Å². The number of nitrogens with zero attached hydrogens (tertiary/aromatic N) is 2. The van der Waals surface area contributed by atoms with E-state index in [1.54, 1.807) is 24.0 Å². The summed E-state index contributed by atoms with van der Waals surface area (Å²) in [4.78, 5) is 28.5. The summed E-state index contributed by atoms with van der Waals surface area (Å²) in [5.74, 6) is -0.391. The molecule has 2 fully saturated rings. The van der Waals surface area contributed by atoms with Gasteiger partial charge in [-0.25, -0.2) is 4.39 Å². The zero-order valence-corrected chi connectivity index (χ0v) is 14.1. The molecule has 3 rings (SSSR count). The van der Waals surface area contributed by atoms with Crippen molar-refractivity contribution in [1.82, 2.24) is 15.1 Å². The molecule has 1 N–H and O–H groups in total. The largest absolute Gasteiger partial charge is 0.338 e. The summed E-state index contributed by atoms with van der Waals surface area (Å²) in [6.07, 6.45) is 3.10. The van der Waals surface area contributed by atoms with Crippen molar-refractivity contribution in [2.45, 2.75) is 32.2 Å². The third kappa shape index (κ3) is 3.59. The molecule has 0 aliphatic carbocycles. The van der Waals surface area contributed by atoms with Crippen LogP contribution in [0.1, 0.15) is 35.2 Å². The summed E-state index contributed by atoms with van der Waals surface area (Å²) in [7, 11) is 0. The minimum atomic E-state index is -0.363. The maximum Gasteiger partial charge on any atom is 0.254 e. The molecule has 6 heteroatoms. The molecule has 1 aromatic rings. The molecular weight excluding hydrogens is 309 g/mol. The first-order valence-electron chi connectivity index (χ1n) is 8.64. The highest BCUT2D eigenvalue weighted by molar-refractivity contribution is 5.94. The second kappa shape index (κ2) is 7.30. The Hall–Kier alpha value is -1.95. The number of benzene rings is 1. The second-order valence-corrected chi connectivity index (χ2v) is 6.58. The Morgan fingerprint density at radius 2 is 1.83 bits per heavy atom. The number of carbonyl (C=O) groups is 2. The minimum Gasteiger partial charge on any atom is -0.338 e. The zero-order valence-electron chi connectivity index (χ0n) is 14.1. The first kappa shape index (κ1) is 16.9. The fraction of sp³-hybridized carbons (Fsp3) is 0.556. The van der Waals surface area contributed by atoms with E-state index in [2.05, 4.69) is 5.32 Å². The highest BCUT2D eigenvalue weighted by atomic mass is 19.1. The summed E-state index contributed by atoms with van der Waals surface area (Å²) in [5, 5.41) is 3.27. The number of hydrogen-bond acceptors (Lipinski definition) is 3. The Kier molecular flexibility index (Phi) is 5.14. The van der Waals surface area contributed by atoms with E-state index in [4.69, 9.17) is 0 Å². The van der Waals surface area contributed by atoms with Gasteiger partial charge in [0.2, 0.25) is 5.91 Å². The Morgan fingerprint density at radius 1 is 1.12 bits per heavy atom. The lowest BCUT2D eigenvalue weighted by Crippen LogP contribution is -2.55. The van der Waals surface area contributed by atoms with Crippen LogP contribution in [0.2, 0.25) is 0 Å². The minimum absolute atomic E-state index is 0.0767. The van der Waals surface area contributed by atoms with Crippen LogP contribution in [0.3, 0.4) is 0 Å². The van der Waals surface area contributed by atoms with Gasteiger partial charge in [-0.05, 0) is 44.0 Å². The van der Waals surface area contributed by atoms with Crippen molar-refractivity contribution in [3.05, 3.63) is 35.1 Å². The number of piperazine rings is 1. The van der Waals surface area contributed by atoms with E-state index in [-0.39, 0.29) is 23.7 Å². The van der Waals surface area contributed by atoms with Crippen LogP contribution in [0.25, 0.3) is 0 Å². The second-order valence-electron chi connectivity index (χ2n) is 6.58. The molecule has 2 aliphatic heterocycles. The maximum atomic E-state index is 13.6. The molecule has 5 nitrogen and oxygen atoms in total. The first-order valence-corrected chi connectivity index (χ1v) is 8.64. The van der Waals surface area contributed by atoms with Gasteiger partial charge in [-0.3, -0.25) is 9.59 Å². The number of amides is 2. The van der Waals surface area contributed by atoms with Crippen molar-refractivity contribution in [1.29, 1.82) is 0 Å². The van der Waals surface area contributed by atoms with Crippen LogP contribution in [-0.2, 0) is 4.79 Å². The Bertz CT molecular complexity index is 621. The summed E-state index contributed by atoms with van der Waals surface area (Å²) in [6.45, 7) is 4.63. The molecule has 2 saturated heterocycles. The lowest BCUT2D eigenvalue weighted by molar-refractivity contribution is -0.135. The van der Waals surface area contributed by atoms with Gasteiger partial charge in [-0.1, -0.05) is 12.5 Å². The molecular formula is C18H24FN3O2. The van der Waals surface area contributed by atoms with Crippen LogP contribution >= 0.6 is 0 Å². The summed E-state index contributed by atoms with van der Waals surface area (Å²) >= 11 is 0. The van der Waals surface area contributed by atoms with Crippen molar-refractivity contribution in [3.63, 3.8) is 0 Å². The van der Waals surface area contributed by atoms with Gasteiger partial charge in [-0.2, -0.15) is 0 Å². The highest BCUT2D eigenvalue weighted by Gasteiger charge is 2.29.